The number of hydrogen-bond donors (Lipinski definition) is 1. The molecule has 0 fully saturated rings. The summed E-state index contributed by atoms with van der Waals surface area (Å²) in [4.78, 5) is 9.69. The largest absolute Gasteiger partial charge is 0.342 e. The summed E-state index contributed by atoms with van der Waals surface area (Å²) in [6, 6.07) is 0. The summed E-state index contributed by atoms with van der Waals surface area (Å²) in [6.45, 7) is 3.77. The van der Waals surface area contributed by atoms with Gasteiger partial charge in [0.2, 0.25) is 6.41 Å². The molecule has 47 valence electrons. The summed E-state index contributed by atoms with van der Waals surface area (Å²) in [5, 5.41) is 2.33. The van der Waals surface area contributed by atoms with E-state index in [0.29, 0.717) is 6.41 Å². The number of amides is 1. The third-order valence-electron chi connectivity index (χ3n) is 0.914. The van der Waals surface area contributed by atoms with E-state index in [1.165, 1.54) is 0 Å². The molecule has 0 saturated carbocycles. The molecular weight excluding hydrogens is 104 g/mol. The molecule has 1 atom stereocenters. The van der Waals surface area contributed by atoms with E-state index in [4.69, 9.17) is 5.73 Å². The lowest BCUT2D eigenvalue weighted by Gasteiger charge is -2.11. The molecule has 8 heavy (non-hydrogen) atoms. The van der Waals surface area contributed by atoms with E-state index in [1.807, 2.05) is 13.8 Å². The summed E-state index contributed by atoms with van der Waals surface area (Å²) in [5.74, 6) is 0.195. The van der Waals surface area contributed by atoms with Crippen LogP contribution >= 0.6 is 0 Å². The molecule has 0 aromatic heterocycles. The van der Waals surface area contributed by atoms with Crippen LogP contribution < -0.4 is 11.1 Å². The minimum atomic E-state index is -0.451. The second kappa shape index (κ2) is 3.43. The monoisotopic (exact) mass is 115 g/mol. The first kappa shape index (κ1) is 7.43. The predicted molar refractivity (Wildman–Crippen MR) is 30.9 cm³/mol. The molecule has 1 radical (unpaired) electrons. The highest BCUT2D eigenvalue weighted by atomic mass is 16.1. The predicted octanol–water partition coefficient (Wildman–Crippen LogP) is -0.00260. The molecule has 1 unspecified atom stereocenters. The summed E-state index contributed by atoms with van der Waals surface area (Å²) in [6.07, 6.45) is 0.102. The Balaban J connectivity index is 3.30. The van der Waals surface area contributed by atoms with Crippen molar-refractivity contribution in [3.63, 3.8) is 0 Å². The van der Waals surface area contributed by atoms with Crippen LogP contribution in [0.5, 0.6) is 0 Å². The number of hydrogen-bond acceptors (Lipinski definition) is 1. The van der Waals surface area contributed by atoms with E-state index in [1.54, 1.807) is 0 Å². The van der Waals surface area contributed by atoms with Gasteiger partial charge in [-0.1, -0.05) is 13.8 Å². The maximum Gasteiger partial charge on any atom is 0.208 e. The van der Waals surface area contributed by atoms with Gasteiger partial charge in [-0.05, 0) is 5.92 Å². The van der Waals surface area contributed by atoms with Crippen LogP contribution in [0.1, 0.15) is 13.8 Å². The standard InChI is InChI=1S/C5H11N2O/c1-4(2)5(6)7-3-8/h3-6H,1-2H3,(H,7,8). The van der Waals surface area contributed by atoms with E-state index >= 15 is 0 Å². The van der Waals surface area contributed by atoms with Gasteiger partial charge >= 0.3 is 0 Å². The average Bonchev–Trinajstić information content (AvgIpc) is 1.67. The van der Waals surface area contributed by atoms with Crippen molar-refractivity contribution in [2.75, 3.05) is 0 Å². The van der Waals surface area contributed by atoms with Crippen molar-refractivity contribution >= 4 is 6.41 Å². The zero-order valence-electron chi connectivity index (χ0n) is 5.14. The molecule has 1 amide bonds. The molecule has 0 aliphatic rings. The van der Waals surface area contributed by atoms with Gasteiger partial charge in [0, 0.05) is 0 Å². The van der Waals surface area contributed by atoms with Gasteiger partial charge in [0.1, 0.15) is 0 Å². The van der Waals surface area contributed by atoms with Crippen LogP contribution in [-0.2, 0) is 4.79 Å². The average molecular weight is 115 g/mol. The van der Waals surface area contributed by atoms with Gasteiger partial charge in [-0.25, -0.2) is 5.73 Å². The Kier molecular flexibility index (Phi) is 3.19. The molecule has 0 heterocycles. The molecule has 0 rings (SSSR count). The van der Waals surface area contributed by atoms with Gasteiger partial charge in [0.05, 0.1) is 6.17 Å². The van der Waals surface area contributed by atoms with Gasteiger partial charge in [0.25, 0.3) is 0 Å². The van der Waals surface area contributed by atoms with Gasteiger partial charge in [-0.2, -0.15) is 0 Å². The fourth-order valence-corrected chi connectivity index (χ4v) is 0.266. The lowest BCUT2D eigenvalue weighted by atomic mass is 10.2. The van der Waals surface area contributed by atoms with E-state index < -0.39 is 6.17 Å². The topological polar surface area (TPSA) is 52.9 Å². The van der Waals surface area contributed by atoms with Crippen LogP contribution in [0.3, 0.4) is 0 Å². The molecule has 3 nitrogen and oxygen atoms in total. The number of carbonyl (C=O) groups excluding carboxylic acids is 1. The SMILES string of the molecule is CC(C)C([NH])NC=O. The first-order chi connectivity index (χ1) is 3.68. The summed E-state index contributed by atoms with van der Waals surface area (Å²) >= 11 is 0. The first-order valence-electron chi connectivity index (χ1n) is 2.59. The minimum Gasteiger partial charge on any atom is -0.342 e. The van der Waals surface area contributed by atoms with Crippen molar-refractivity contribution < 1.29 is 4.79 Å². The van der Waals surface area contributed by atoms with Crippen molar-refractivity contribution in [2.24, 2.45) is 5.92 Å². The second-order valence-electron chi connectivity index (χ2n) is 2.01. The van der Waals surface area contributed by atoms with Gasteiger partial charge in [-0.3, -0.25) is 4.79 Å². The van der Waals surface area contributed by atoms with Crippen molar-refractivity contribution in [2.45, 2.75) is 20.0 Å². The zero-order chi connectivity index (χ0) is 6.57. The van der Waals surface area contributed by atoms with Crippen molar-refractivity contribution in [1.29, 1.82) is 0 Å². The molecule has 2 N–H and O–H groups in total. The normalized spacial score (nSPS) is 13.5. The summed E-state index contributed by atoms with van der Waals surface area (Å²) < 4.78 is 0. The lowest BCUT2D eigenvalue weighted by molar-refractivity contribution is -0.110. The van der Waals surface area contributed by atoms with Crippen LogP contribution in [0.4, 0.5) is 0 Å². The maximum absolute atomic E-state index is 9.69. The fourth-order valence-electron chi connectivity index (χ4n) is 0.266. The third-order valence-corrected chi connectivity index (χ3v) is 0.914. The van der Waals surface area contributed by atoms with E-state index in [0.717, 1.165) is 0 Å². The molecule has 0 aliphatic carbocycles. The lowest BCUT2D eigenvalue weighted by Crippen LogP contribution is -2.33. The smallest absolute Gasteiger partial charge is 0.208 e. The van der Waals surface area contributed by atoms with Crippen LogP contribution in [0.15, 0.2) is 0 Å². The van der Waals surface area contributed by atoms with Crippen molar-refractivity contribution in [3.8, 4) is 0 Å². The molecule has 0 aromatic carbocycles. The van der Waals surface area contributed by atoms with Gasteiger partial charge in [-0.15, -0.1) is 0 Å². The van der Waals surface area contributed by atoms with E-state index in [9.17, 15) is 4.79 Å². The highest BCUT2D eigenvalue weighted by Gasteiger charge is 2.03. The quantitative estimate of drug-likeness (QED) is 0.517. The molecule has 3 heteroatoms. The molecular formula is C5H11N2O. The Morgan fingerprint density at radius 1 is 1.62 bits per heavy atom. The van der Waals surface area contributed by atoms with Gasteiger partial charge < -0.3 is 5.32 Å². The maximum atomic E-state index is 9.69. The molecule has 0 aliphatic heterocycles. The Bertz CT molecular complexity index is 72.8. The number of nitrogens with one attached hydrogen (secondary N) is 2. The number of rotatable bonds is 3. The molecule has 0 bridgehead atoms. The minimum absolute atomic E-state index is 0.195. The Morgan fingerprint density at radius 2 is 2.12 bits per heavy atom. The van der Waals surface area contributed by atoms with Crippen LogP contribution in [-0.4, -0.2) is 12.6 Å². The first-order valence-corrected chi connectivity index (χ1v) is 2.59. The van der Waals surface area contributed by atoms with Gasteiger partial charge in [0.15, 0.2) is 0 Å². The van der Waals surface area contributed by atoms with Crippen molar-refractivity contribution in [3.05, 3.63) is 0 Å². The third kappa shape index (κ3) is 2.58. The molecule has 0 saturated heterocycles. The Labute approximate surface area is 49.3 Å². The fraction of sp³-hybridized carbons (Fsp3) is 0.800. The second-order valence-corrected chi connectivity index (χ2v) is 2.01. The highest BCUT2D eigenvalue weighted by molar-refractivity contribution is 5.46. The van der Waals surface area contributed by atoms with Crippen molar-refractivity contribution in [1.82, 2.24) is 11.1 Å². The highest BCUT2D eigenvalue weighted by Crippen LogP contribution is 1.93. The Morgan fingerprint density at radius 3 is 2.25 bits per heavy atom. The molecule has 0 aromatic rings. The van der Waals surface area contributed by atoms with Crippen LogP contribution in [0, 0.1) is 5.92 Å². The molecule has 0 spiro atoms. The summed E-state index contributed by atoms with van der Waals surface area (Å²) in [5.41, 5.74) is 7.08. The van der Waals surface area contributed by atoms with E-state index in [-0.39, 0.29) is 5.92 Å². The van der Waals surface area contributed by atoms with Crippen LogP contribution in [0.25, 0.3) is 0 Å². The number of carbonyl (C=O) groups is 1. The Hall–Kier alpha value is -0.570. The zero-order valence-corrected chi connectivity index (χ0v) is 5.14. The van der Waals surface area contributed by atoms with Crippen LogP contribution in [0.2, 0.25) is 0 Å². The summed E-state index contributed by atoms with van der Waals surface area (Å²) in [7, 11) is 0. The van der Waals surface area contributed by atoms with E-state index in [2.05, 4.69) is 5.32 Å².